The summed E-state index contributed by atoms with van der Waals surface area (Å²) in [5.74, 6) is 1.05. The Labute approximate surface area is 152 Å². The summed E-state index contributed by atoms with van der Waals surface area (Å²) in [6, 6.07) is 8.19. The molecule has 2 aromatic carbocycles. The van der Waals surface area contributed by atoms with E-state index in [-0.39, 0.29) is 10.6 Å². The first kappa shape index (κ1) is 19.7. The lowest BCUT2D eigenvalue weighted by atomic mass is 10.1. The topological polar surface area (TPSA) is 108 Å². The minimum atomic E-state index is -3.98. The number of nitrogens with zero attached hydrogens (tertiary/aromatic N) is 1. The van der Waals surface area contributed by atoms with Crippen molar-refractivity contribution in [1.29, 1.82) is 0 Å². The summed E-state index contributed by atoms with van der Waals surface area (Å²) in [4.78, 5) is 10.3. The maximum atomic E-state index is 12.7. The Morgan fingerprint density at radius 3 is 2.38 bits per heavy atom. The Bertz CT molecular complexity index is 927. The first-order chi connectivity index (χ1) is 12.2. The molecule has 0 saturated heterocycles. The van der Waals surface area contributed by atoms with Gasteiger partial charge in [-0.05, 0) is 38.1 Å². The molecular weight excluding hydrogens is 360 g/mol. The number of hydrogen-bond acceptors (Lipinski definition) is 6. The normalized spacial score (nSPS) is 12.5. The Balaban J connectivity index is 2.38. The van der Waals surface area contributed by atoms with Crippen LogP contribution < -0.4 is 14.2 Å². The van der Waals surface area contributed by atoms with E-state index in [0.717, 1.165) is 6.07 Å². The second-order valence-electron chi connectivity index (χ2n) is 5.66. The van der Waals surface area contributed by atoms with E-state index in [0.29, 0.717) is 22.6 Å². The molecule has 2 aromatic rings. The van der Waals surface area contributed by atoms with E-state index in [1.807, 2.05) is 0 Å². The Morgan fingerprint density at radius 2 is 1.81 bits per heavy atom. The van der Waals surface area contributed by atoms with E-state index in [2.05, 4.69) is 4.72 Å². The maximum Gasteiger partial charge on any atom is 0.273 e. The number of sulfonamides is 1. The number of ether oxygens (including phenoxy) is 2. The molecule has 0 radical (unpaired) electrons. The average Bonchev–Trinajstić information content (AvgIpc) is 2.60. The van der Waals surface area contributed by atoms with Crippen LogP contribution in [0, 0.1) is 17.0 Å². The molecule has 0 aliphatic rings. The van der Waals surface area contributed by atoms with Gasteiger partial charge in [-0.25, -0.2) is 13.1 Å². The molecule has 9 heteroatoms. The van der Waals surface area contributed by atoms with Crippen LogP contribution in [0.4, 0.5) is 5.69 Å². The minimum Gasteiger partial charge on any atom is -0.497 e. The van der Waals surface area contributed by atoms with Crippen LogP contribution in [0.3, 0.4) is 0 Å². The van der Waals surface area contributed by atoms with Crippen LogP contribution in [-0.2, 0) is 10.0 Å². The molecule has 1 N–H and O–H groups in total. The van der Waals surface area contributed by atoms with Gasteiger partial charge in [-0.1, -0.05) is 6.07 Å². The van der Waals surface area contributed by atoms with Crippen molar-refractivity contribution in [2.45, 2.75) is 24.8 Å². The lowest BCUT2D eigenvalue weighted by molar-refractivity contribution is -0.385. The minimum absolute atomic E-state index is 0.177. The zero-order valence-electron chi connectivity index (χ0n) is 14.8. The van der Waals surface area contributed by atoms with Crippen molar-refractivity contribution in [3.05, 3.63) is 57.6 Å². The van der Waals surface area contributed by atoms with E-state index < -0.39 is 21.0 Å². The molecule has 0 aromatic heterocycles. The molecule has 140 valence electrons. The average molecular weight is 380 g/mol. The van der Waals surface area contributed by atoms with Crippen molar-refractivity contribution >= 4 is 15.7 Å². The fourth-order valence-corrected chi connectivity index (χ4v) is 3.74. The van der Waals surface area contributed by atoms with E-state index >= 15 is 0 Å². The molecule has 0 heterocycles. The van der Waals surface area contributed by atoms with E-state index in [4.69, 9.17) is 9.47 Å². The largest absolute Gasteiger partial charge is 0.497 e. The summed E-state index contributed by atoms with van der Waals surface area (Å²) in [6.45, 7) is 3.20. The van der Waals surface area contributed by atoms with Crippen molar-refractivity contribution in [3.63, 3.8) is 0 Å². The summed E-state index contributed by atoms with van der Waals surface area (Å²) in [5, 5.41) is 11.1. The van der Waals surface area contributed by atoms with Gasteiger partial charge in [0.15, 0.2) is 0 Å². The number of nitro groups is 1. The van der Waals surface area contributed by atoms with E-state index in [9.17, 15) is 18.5 Å². The number of benzene rings is 2. The van der Waals surface area contributed by atoms with E-state index in [1.165, 1.54) is 26.4 Å². The van der Waals surface area contributed by atoms with Gasteiger partial charge in [-0.2, -0.15) is 0 Å². The van der Waals surface area contributed by atoms with Crippen LogP contribution in [0.2, 0.25) is 0 Å². The lowest BCUT2D eigenvalue weighted by Gasteiger charge is -2.18. The number of aryl methyl sites for hydroxylation is 1. The zero-order chi connectivity index (χ0) is 19.5. The molecule has 8 nitrogen and oxygen atoms in total. The van der Waals surface area contributed by atoms with Crippen LogP contribution in [0.25, 0.3) is 0 Å². The summed E-state index contributed by atoms with van der Waals surface area (Å²) in [5.41, 5.74) is 0.716. The highest BCUT2D eigenvalue weighted by molar-refractivity contribution is 7.89. The first-order valence-corrected chi connectivity index (χ1v) is 9.17. The molecular formula is C17H20N2O6S. The molecule has 1 unspecified atom stereocenters. The van der Waals surface area contributed by atoms with Gasteiger partial charge in [0, 0.05) is 23.2 Å². The van der Waals surface area contributed by atoms with Gasteiger partial charge in [0.1, 0.15) is 11.5 Å². The Kier molecular flexibility index (Phi) is 5.83. The molecule has 1 atom stereocenters. The zero-order valence-corrected chi connectivity index (χ0v) is 15.7. The molecule has 0 amide bonds. The predicted molar refractivity (Wildman–Crippen MR) is 96.1 cm³/mol. The fourth-order valence-electron chi connectivity index (χ4n) is 2.50. The third-order valence-corrected chi connectivity index (χ3v) is 5.46. The lowest BCUT2D eigenvalue weighted by Crippen LogP contribution is -2.27. The van der Waals surface area contributed by atoms with Crippen LogP contribution in [0.5, 0.6) is 11.5 Å². The third kappa shape index (κ3) is 4.12. The highest BCUT2D eigenvalue weighted by atomic mass is 32.2. The van der Waals surface area contributed by atoms with Crippen LogP contribution in [-0.4, -0.2) is 27.6 Å². The number of nitro benzene ring substituents is 1. The smallest absolute Gasteiger partial charge is 0.273 e. The molecule has 0 spiro atoms. The van der Waals surface area contributed by atoms with Crippen LogP contribution in [0.15, 0.2) is 41.3 Å². The molecule has 2 rings (SSSR count). The summed E-state index contributed by atoms with van der Waals surface area (Å²) < 4.78 is 38.3. The van der Waals surface area contributed by atoms with Gasteiger partial charge in [0.25, 0.3) is 5.69 Å². The van der Waals surface area contributed by atoms with Crippen molar-refractivity contribution in [3.8, 4) is 11.5 Å². The quantitative estimate of drug-likeness (QED) is 0.584. The number of methoxy groups -OCH3 is 2. The SMILES string of the molecule is COc1ccc(OC)c(C(C)NS(=O)(=O)c2ccc(C)c([N+](=O)[O-])c2)c1. The second kappa shape index (κ2) is 7.71. The van der Waals surface area contributed by atoms with Gasteiger partial charge in [-0.15, -0.1) is 0 Å². The highest BCUT2D eigenvalue weighted by Crippen LogP contribution is 2.30. The van der Waals surface area contributed by atoms with Gasteiger partial charge in [0.05, 0.1) is 24.0 Å². The van der Waals surface area contributed by atoms with Gasteiger partial charge < -0.3 is 9.47 Å². The van der Waals surface area contributed by atoms with Crippen LogP contribution in [0.1, 0.15) is 24.1 Å². The highest BCUT2D eigenvalue weighted by Gasteiger charge is 2.23. The molecule has 0 saturated carbocycles. The maximum absolute atomic E-state index is 12.7. The predicted octanol–water partition coefficient (Wildman–Crippen LogP) is 2.96. The fraction of sp³-hybridized carbons (Fsp3) is 0.294. The first-order valence-electron chi connectivity index (χ1n) is 7.69. The van der Waals surface area contributed by atoms with Gasteiger partial charge >= 0.3 is 0 Å². The number of hydrogen-bond donors (Lipinski definition) is 1. The summed E-state index contributed by atoms with van der Waals surface area (Å²) >= 11 is 0. The Hall–Kier alpha value is -2.65. The van der Waals surface area contributed by atoms with Crippen molar-refractivity contribution in [1.82, 2.24) is 4.72 Å². The molecule has 0 aliphatic carbocycles. The molecule has 0 aliphatic heterocycles. The summed E-state index contributed by atoms with van der Waals surface area (Å²) in [7, 11) is -0.988. The van der Waals surface area contributed by atoms with Crippen molar-refractivity contribution in [2.75, 3.05) is 14.2 Å². The van der Waals surface area contributed by atoms with Crippen molar-refractivity contribution in [2.24, 2.45) is 0 Å². The number of nitrogens with one attached hydrogen (secondary N) is 1. The van der Waals surface area contributed by atoms with Crippen molar-refractivity contribution < 1.29 is 22.8 Å². The number of rotatable bonds is 7. The van der Waals surface area contributed by atoms with Gasteiger partial charge in [-0.3, -0.25) is 10.1 Å². The molecule has 0 fully saturated rings. The second-order valence-corrected chi connectivity index (χ2v) is 7.37. The Morgan fingerprint density at radius 1 is 1.12 bits per heavy atom. The molecule has 0 bridgehead atoms. The standard InChI is InChI=1S/C17H20N2O6S/c1-11-5-7-14(10-16(11)19(20)21)26(22,23)18-12(2)15-9-13(24-3)6-8-17(15)25-4/h5-10,12,18H,1-4H3. The third-order valence-electron chi connectivity index (χ3n) is 3.92. The van der Waals surface area contributed by atoms with E-state index in [1.54, 1.807) is 32.0 Å². The molecule has 26 heavy (non-hydrogen) atoms. The van der Waals surface area contributed by atoms with Gasteiger partial charge in [0.2, 0.25) is 10.0 Å². The summed E-state index contributed by atoms with van der Waals surface area (Å²) in [6.07, 6.45) is 0. The monoisotopic (exact) mass is 380 g/mol. The van der Waals surface area contributed by atoms with Crippen LogP contribution >= 0.6 is 0 Å².